The summed E-state index contributed by atoms with van der Waals surface area (Å²) in [4.78, 5) is 21.7. The van der Waals surface area contributed by atoms with Crippen LogP contribution in [0.4, 0.5) is 10.2 Å². The van der Waals surface area contributed by atoms with Crippen molar-refractivity contribution in [1.82, 2.24) is 24.8 Å². The Morgan fingerprint density at radius 2 is 1.93 bits per heavy atom. The lowest BCUT2D eigenvalue weighted by Gasteiger charge is -2.40. The van der Waals surface area contributed by atoms with Gasteiger partial charge in [-0.1, -0.05) is 35.9 Å². The fourth-order valence-corrected chi connectivity index (χ4v) is 8.55. The maximum Gasteiger partial charge on any atom is 0.319 e. The number of pyridine rings is 1. The standard InChI is InChI=1S/C34H36ClFN6O2/c1-19-14-34(10-5-11-42(34)15-19)18-44-33-38-31-27(32(39-33)41-16-22-8-9-23(17-41)40(22)3)20(2)37-30(29(31)36)25-13-24(43)12-21-6-4-7-26(35)28(21)25/h4,6-7,12-13,22-23,43H,1,5,8-11,14-18H2,2-3H3/t22?,23?,34-/m0/s1. The zero-order valence-corrected chi connectivity index (χ0v) is 25.9. The minimum Gasteiger partial charge on any atom is -0.508 e. The number of aromatic hydroxyl groups is 1. The van der Waals surface area contributed by atoms with Gasteiger partial charge in [-0.15, -0.1) is 0 Å². The highest BCUT2D eigenvalue weighted by atomic mass is 35.5. The van der Waals surface area contributed by atoms with Gasteiger partial charge in [-0.05, 0) is 76.2 Å². The second kappa shape index (κ2) is 10.3. The fraction of sp³-hybridized carbons (Fsp3) is 0.441. The van der Waals surface area contributed by atoms with Gasteiger partial charge < -0.3 is 14.7 Å². The number of nitrogens with zero attached hydrogens (tertiary/aromatic N) is 6. The predicted octanol–water partition coefficient (Wildman–Crippen LogP) is 6.11. The number of phenolic OH excluding ortho intramolecular Hbond substituents is 1. The molecule has 4 saturated heterocycles. The number of benzene rings is 2. The van der Waals surface area contributed by atoms with Gasteiger partial charge in [-0.25, -0.2) is 9.37 Å². The van der Waals surface area contributed by atoms with E-state index in [-0.39, 0.29) is 28.5 Å². The van der Waals surface area contributed by atoms with Crippen LogP contribution in [-0.2, 0) is 0 Å². The van der Waals surface area contributed by atoms with Gasteiger partial charge >= 0.3 is 6.01 Å². The maximum atomic E-state index is 16.9. The highest BCUT2D eigenvalue weighted by Gasteiger charge is 2.47. The Hall–Kier alpha value is -3.53. The Labute approximate surface area is 261 Å². The van der Waals surface area contributed by atoms with Crippen LogP contribution in [0.1, 0.15) is 37.8 Å². The molecule has 10 heteroatoms. The van der Waals surface area contributed by atoms with Crippen molar-refractivity contribution < 1.29 is 14.2 Å². The van der Waals surface area contributed by atoms with Crippen molar-refractivity contribution in [3.63, 3.8) is 0 Å². The molecule has 0 radical (unpaired) electrons. The molecule has 1 N–H and O–H groups in total. The van der Waals surface area contributed by atoms with Crippen molar-refractivity contribution in [2.45, 2.75) is 56.7 Å². The lowest BCUT2D eigenvalue weighted by Crippen LogP contribution is -2.52. The molecule has 228 valence electrons. The molecule has 2 bridgehead atoms. The average molecular weight is 615 g/mol. The molecular formula is C34H36ClFN6O2. The lowest BCUT2D eigenvalue weighted by molar-refractivity contribution is 0.108. The van der Waals surface area contributed by atoms with E-state index in [4.69, 9.17) is 31.3 Å². The van der Waals surface area contributed by atoms with Crippen LogP contribution in [0.25, 0.3) is 32.9 Å². The Balaban J connectivity index is 1.29. The molecule has 4 aliphatic rings. The summed E-state index contributed by atoms with van der Waals surface area (Å²) < 4.78 is 23.3. The predicted molar refractivity (Wildman–Crippen MR) is 171 cm³/mol. The summed E-state index contributed by atoms with van der Waals surface area (Å²) >= 11 is 6.63. The number of ether oxygens (including phenoxy) is 1. The number of phenols is 1. The number of fused-ring (bicyclic) bond motifs is 5. The first-order valence-electron chi connectivity index (χ1n) is 15.5. The van der Waals surface area contributed by atoms with Crippen LogP contribution in [0.3, 0.4) is 0 Å². The third kappa shape index (κ3) is 4.35. The van der Waals surface area contributed by atoms with E-state index in [0.29, 0.717) is 56.9 Å². The normalized spacial score (nSPS) is 25.5. The molecule has 0 spiro atoms. The van der Waals surface area contributed by atoms with Crippen molar-refractivity contribution in [3.8, 4) is 23.0 Å². The van der Waals surface area contributed by atoms with Crippen molar-refractivity contribution in [2.75, 3.05) is 44.7 Å². The average Bonchev–Trinajstić information content (AvgIpc) is 3.57. The third-order valence-electron chi connectivity index (χ3n) is 10.4. The van der Waals surface area contributed by atoms with Crippen LogP contribution >= 0.6 is 11.6 Å². The van der Waals surface area contributed by atoms with Gasteiger partial charge in [0.15, 0.2) is 5.82 Å². The van der Waals surface area contributed by atoms with Crippen molar-refractivity contribution >= 4 is 39.1 Å². The highest BCUT2D eigenvalue weighted by molar-refractivity contribution is 6.36. The van der Waals surface area contributed by atoms with Crippen molar-refractivity contribution in [1.29, 1.82) is 0 Å². The molecule has 2 unspecified atom stereocenters. The van der Waals surface area contributed by atoms with E-state index in [0.717, 1.165) is 58.3 Å². The van der Waals surface area contributed by atoms with E-state index in [1.54, 1.807) is 18.2 Å². The molecule has 4 aliphatic heterocycles. The summed E-state index contributed by atoms with van der Waals surface area (Å²) in [5, 5.41) is 12.9. The van der Waals surface area contributed by atoms with Gasteiger partial charge in [-0.3, -0.25) is 9.80 Å². The van der Waals surface area contributed by atoms with E-state index >= 15 is 4.39 Å². The second-order valence-electron chi connectivity index (χ2n) is 13.2. The van der Waals surface area contributed by atoms with E-state index in [1.807, 2.05) is 13.0 Å². The number of piperazine rings is 1. The van der Waals surface area contributed by atoms with Gasteiger partial charge in [0.05, 0.1) is 16.6 Å². The summed E-state index contributed by atoms with van der Waals surface area (Å²) in [6.45, 7) is 10.1. The van der Waals surface area contributed by atoms with Crippen LogP contribution in [0, 0.1) is 12.7 Å². The van der Waals surface area contributed by atoms with Gasteiger partial charge in [0.1, 0.15) is 29.4 Å². The number of likely N-dealkylation sites (N-methyl/N-ethyl adjacent to an activating group) is 1. The summed E-state index contributed by atoms with van der Waals surface area (Å²) in [7, 11) is 2.19. The molecule has 3 atom stereocenters. The molecule has 4 aromatic rings. The smallest absolute Gasteiger partial charge is 0.319 e. The monoisotopic (exact) mass is 614 g/mol. The zero-order valence-electron chi connectivity index (χ0n) is 25.1. The molecular weight excluding hydrogens is 579 g/mol. The molecule has 6 heterocycles. The summed E-state index contributed by atoms with van der Waals surface area (Å²) in [6, 6.07) is 9.54. The summed E-state index contributed by atoms with van der Waals surface area (Å²) in [5.74, 6) is 0.0892. The van der Waals surface area contributed by atoms with Crippen LogP contribution in [0.5, 0.6) is 11.8 Å². The zero-order chi connectivity index (χ0) is 30.3. The van der Waals surface area contributed by atoms with Crippen LogP contribution in [-0.4, -0.2) is 87.3 Å². The molecule has 8 nitrogen and oxygen atoms in total. The highest BCUT2D eigenvalue weighted by Crippen LogP contribution is 2.43. The van der Waals surface area contributed by atoms with E-state index < -0.39 is 5.82 Å². The molecule has 2 aromatic heterocycles. The van der Waals surface area contributed by atoms with Crippen molar-refractivity contribution in [2.24, 2.45) is 0 Å². The lowest BCUT2D eigenvalue weighted by atomic mass is 9.94. The Bertz CT molecular complexity index is 1840. The number of hydrogen-bond acceptors (Lipinski definition) is 8. The first-order valence-corrected chi connectivity index (χ1v) is 15.9. The minimum atomic E-state index is -0.585. The second-order valence-corrected chi connectivity index (χ2v) is 13.6. The number of halogens is 2. The summed E-state index contributed by atoms with van der Waals surface area (Å²) in [6.07, 6.45) is 5.30. The van der Waals surface area contributed by atoms with Gasteiger partial charge in [0, 0.05) is 47.7 Å². The maximum absolute atomic E-state index is 16.9. The molecule has 4 fully saturated rings. The fourth-order valence-electron chi connectivity index (χ4n) is 8.26. The van der Waals surface area contributed by atoms with Crippen LogP contribution in [0.2, 0.25) is 5.02 Å². The van der Waals surface area contributed by atoms with E-state index in [9.17, 15) is 5.11 Å². The first kappa shape index (κ1) is 28.0. The Morgan fingerprint density at radius 3 is 2.73 bits per heavy atom. The van der Waals surface area contributed by atoms with Crippen molar-refractivity contribution in [3.05, 3.63) is 59.0 Å². The number of hydrogen-bond donors (Lipinski definition) is 1. The van der Waals surface area contributed by atoms with Crippen LogP contribution in [0.15, 0.2) is 42.5 Å². The number of aryl methyl sites for hydroxylation is 1. The largest absolute Gasteiger partial charge is 0.508 e. The molecule has 0 aliphatic carbocycles. The van der Waals surface area contributed by atoms with Gasteiger partial charge in [-0.2, -0.15) is 9.97 Å². The molecule has 0 saturated carbocycles. The first-order chi connectivity index (χ1) is 21.2. The topological polar surface area (TPSA) is 77.9 Å². The Morgan fingerprint density at radius 1 is 1.14 bits per heavy atom. The third-order valence-corrected chi connectivity index (χ3v) is 10.8. The molecule has 8 rings (SSSR count). The van der Waals surface area contributed by atoms with Gasteiger partial charge in [0.2, 0.25) is 0 Å². The molecule has 44 heavy (non-hydrogen) atoms. The number of rotatable bonds is 5. The molecule has 2 aromatic carbocycles. The number of anilines is 1. The Kier molecular flexibility index (Phi) is 6.52. The van der Waals surface area contributed by atoms with E-state index in [2.05, 4.69) is 28.3 Å². The minimum absolute atomic E-state index is 0.00699. The quantitative estimate of drug-likeness (QED) is 0.270. The van der Waals surface area contributed by atoms with E-state index in [1.165, 1.54) is 11.6 Å². The number of aromatic nitrogens is 3. The van der Waals surface area contributed by atoms with Crippen LogP contribution < -0.4 is 9.64 Å². The SMILES string of the molecule is C=C1CN2CCC[C@@]2(COc2nc(N3CC4CCC(C3)N4C)c3c(C)nc(-c4cc(O)cc5cccc(Cl)c45)c(F)c3n2)C1. The van der Waals surface area contributed by atoms with Gasteiger partial charge in [0.25, 0.3) is 0 Å². The summed E-state index contributed by atoms with van der Waals surface area (Å²) in [5.41, 5.74) is 2.39. The molecule has 0 amide bonds.